The molecule has 1 saturated heterocycles. The molecule has 0 aromatic rings. The van der Waals surface area contributed by atoms with Gasteiger partial charge in [-0.15, -0.1) is 0 Å². The molecule has 468 valence electrons. The maximum absolute atomic E-state index is 13.1. The smallest absolute Gasteiger partial charge is 0.220 e. The second-order valence-electron chi connectivity index (χ2n) is 22.5. The molecule has 0 aromatic carbocycles. The number of carbonyl (C=O) groups is 1. The van der Waals surface area contributed by atoms with E-state index in [1.54, 1.807) is 6.08 Å². The van der Waals surface area contributed by atoms with Crippen LogP contribution in [0, 0.1) is 0 Å². The van der Waals surface area contributed by atoms with E-state index in [1.807, 2.05) is 6.08 Å². The third-order valence-electron chi connectivity index (χ3n) is 15.0. The number of hydrogen-bond acceptors (Lipinski definition) is 8. The summed E-state index contributed by atoms with van der Waals surface area (Å²) in [6, 6.07) is -0.852. The van der Waals surface area contributed by atoms with Gasteiger partial charge < -0.3 is 40.3 Å². The van der Waals surface area contributed by atoms with E-state index in [1.165, 1.54) is 141 Å². The first-order valence-corrected chi connectivity index (χ1v) is 33.4. The standard InChI is InChI=1S/C73H123NO8/c1-3-5-7-9-11-13-15-17-19-21-23-25-27-29-31-33-34-35-37-39-41-43-45-47-49-51-53-55-57-59-61-63-69(77)74-66(65-81-73-72(80)71(79)70(78)68(64-75)82-73)67(76)62-60-58-56-54-52-50-48-46-44-42-40-38-36-32-30-28-26-24-22-20-18-16-14-12-10-8-6-4-2/h5,7,11,13,17,19,23,25,29,31,34-35,39,41,45,47,51-54,60,62,66-68,70-73,75-76,78-80H,3-4,6,8-10,12,14-16,18,20-22,24,26-28,30,32-33,36-38,40,42-44,46,48-50,55-59,61,63-65H2,1-2H3,(H,74,77)/b7-5-,13-11-,19-17-,25-23-,31-29-,35-34-,41-39-,47-45-,53-51-,54-52+,62-60+. The third-order valence-corrected chi connectivity index (χ3v) is 15.0. The highest BCUT2D eigenvalue weighted by Crippen LogP contribution is 2.23. The van der Waals surface area contributed by atoms with E-state index >= 15 is 0 Å². The van der Waals surface area contributed by atoms with Gasteiger partial charge in [0.2, 0.25) is 5.91 Å². The summed E-state index contributed by atoms with van der Waals surface area (Å²) in [4.78, 5) is 13.1. The van der Waals surface area contributed by atoms with Gasteiger partial charge in [-0.25, -0.2) is 0 Å². The fourth-order valence-corrected chi connectivity index (χ4v) is 9.75. The molecule has 1 aliphatic rings. The third kappa shape index (κ3) is 48.7. The number of nitrogens with one attached hydrogen (secondary N) is 1. The van der Waals surface area contributed by atoms with E-state index in [2.05, 4.69) is 141 Å². The van der Waals surface area contributed by atoms with E-state index in [-0.39, 0.29) is 18.9 Å². The molecule has 1 fully saturated rings. The first-order valence-electron chi connectivity index (χ1n) is 33.4. The van der Waals surface area contributed by atoms with E-state index in [0.29, 0.717) is 6.42 Å². The van der Waals surface area contributed by atoms with Gasteiger partial charge in [-0.2, -0.15) is 0 Å². The van der Waals surface area contributed by atoms with Crippen molar-refractivity contribution in [2.45, 2.75) is 307 Å². The largest absolute Gasteiger partial charge is 0.394 e. The Bertz CT molecular complexity index is 1750. The molecule has 0 spiro atoms. The van der Waals surface area contributed by atoms with Crippen molar-refractivity contribution >= 4 is 5.91 Å². The van der Waals surface area contributed by atoms with Crippen LogP contribution in [-0.2, 0) is 14.3 Å². The molecule has 1 aliphatic heterocycles. The summed E-state index contributed by atoms with van der Waals surface area (Å²) in [7, 11) is 0. The van der Waals surface area contributed by atoms with Crippen LogP contribution in [0.5, 0.6) is 0 Å². The molecular weight excluding hydrogens is 1020 g/mol. The van der Waals surface area contributed by atoms with Crippen LogP contribution in [0.1, 0.15) is 264 Å². The average Bonchev–Trinajstić information content (AvgIpc) is 3.52. The Morgan fingerprint density at radius 2 is 0.768 bits per heavy atom. The number of hydrogen-bond donors (Lipinski definition) is 6. The van der Waals surface area contributed by atoms with Crippen LogP contribution in [-0.4, -0.2) is 87.5 Å². The fourth-order valence-electron chi connectivity index (χ4n) is 9.75. The van der Waals surface area contributed by atoms with Crippen LogP contribution in [0.2, 0.25) is 0 Å². The van der Waals surface area contributed by atoms with Crippen molar-refractivity contribution in [3.8, 4) is 0 Å². The molecule has 0 saturated carbocycles. The van der Waals surface area contributed by atoms with Crippen molar-refractivity contribution in [3.05, 3.63) is 134 Å². The monoisotopic (exact) mass is 1140 g/mol. The predicted octanol–water partition coefficient (Wildman–Crippen LogP) is 18.0. The Hall–Kier alpha value is -3.67. The van der Waals surface area contributed by atoms with E-state index in [9.17, 15) is 30.3 Å². The predicted molar refractivity (Wildman–Crippen MR) is 350 cm³/mol. The van der Waals surface area contributed by atoms with Gasteiger partial charge in [-0.05, 0) is 103 Å². The summed E-state index contributed by atoms with van der Waals surface area (Å²) < 4.78 is 11.3. The Labute approximate surface area is 502 Å². The number of rotatable bonds is 56. The second-order valence-corrected chi connectivity index (χ2v) is 22.5. The minimum Gasteiger partial charge on any atom is -0.394 e. The van der Waals surface area contributed by atoms with Crippen molar-refractivity contribution in [2.24, 2.45) is 0 Å². The van der Waals surface area contributed by atoms with Crippen LogP contribution in [0.4, 0.5) is 0 Å². The molecule has 6 N–H and O–H groups in total. The van der Waals surface area contributed by atoms with Gasteiger partial charge in [0.1, 0.15) is 24.4 Å². The summed E-state index contributed by atoms with van der Waals surface area (Å²) in [5.41, 5.74) is 0. The minimum atomic E-state index is -1.59. The van der Waals surface area contributed by atoms with E-state index in [0.717, 1.165) is 96.3 Å². The van der Waals surface area contributed by atoms with Crippen molar-refractivity contribution in [1.82, 2.24) is 5.32 Å². The molecule has 0 radical (unpaired) electrons. The Balaban J connectivity index is 2.25. The fraction of sp³-hybridized carbons (Fsp3) is 0.685. The first-order chi connectivity index (χ1) is 40.3. The zero-order valence-electron chi connectivity index (χ0n) is 52.2. The summed E-state index contributed by atoms with van der Waals surface area (Å²) in [6.07, 6.45) is 85.4. The summed E-state index contributed by atoms with van der Waals surface area (Å²) in [5.74, 6) is -0.222. The molecular formula is C73H123NO8. The molecule has 0 bridgehead atoms. The van der Waals surface area contributed by atoms with Crippen LogP contribution in [0.25, 0.3) is 0 Å². The van der Waals surface area contributed by atoms with Crippen molar-refractivity contribution < 1.29 is 39.8 Å². The van der Waals surface area contributed by atoms with E-state index in [4.69, 9.17) is 9.47 Å². The second kappa shape index (κ2) is 60.5. The highest BCUT2D eigenvalue weighted by Gasteiger charge is 2.44. The highest BCUT2D eigenvalue weighted by atomic mass is 16.7. The maximum atomic E-state index is 13.1. The number of carbonyl (C=O) groups excluding carboxylic acids is 1. The first kappa shape index (κ1) is 76.3. The van der Waals surface area contributed by atoms with Crippen molar-refractivity contribution in [2.75, 3.05) is 13.2 Å². The van der Waals surface area contributed by atoms with Gasteiger partial charge in [-0.1, -0.05) is 289 Å². The van der Waals surface area contributed by atoms with Crippen molar-refractivity contribution in [1.29, 1.82) is 0 Å². The number of ether oxygens (including phenoxy) is 2. The molecule has 0 aromatic heterocycles. The van der Waals surface area contributed by atoms with Crippen LogP contribution >= 0.6 is 0 Å². The summed E-state index contributed by atoms with van der Waals surface area (Å²) in [5, 5.41) is 54.7. The average molecular weight is 1140 g/mol. The molecule has 9 nitrogen and oxygen atoms in total. The van der Waals surface area contributed by atoms with Crippen LogP contribution in [0.15, 0.2) is 134 Å². The SMILES string of the molecule is CC/C=C\C/C=C\C/C=C\C/C=C\C/C=C\C/C=C\C/C=C\C/C=C\C/C=C\CCCCCC(=O)NC(COC1OC(CO)C(O)C(O)C1O)C(O)/C=C/CC/C=C/CCCCCCCCCCCCCCCCCCCCCCCC. The Morgan fingerprint density at radius 3 is 1.17 bits per heavy atom. The lowest BCUT2D eigenvalue weighted by atomic mass is 9.99. The van der Waals surface area contributed by atoms with Crippen LogP contribution < -0.4 is 5.32 Å². The van der Waals surface area contributed by atoms with Gasteiger partial charge >= 0.3 is 0 Å². The summed E-state index contributed by atoms with van der Waals surface area (Å²) >= 11 is 0. The zero-order valence-corrected chi connectivity index (χ0v) is 52.2. The van der Waals surface area contributed by atoms with Gasteiger partial charge in [0.25, 0.3) is 0 Å². The normalized spacial score (nSPS) is 19.2. The molecule has 7 atom stereocenters. The number of allylic oxidation sites excluding steroid dienone is 21. The topological polar surface area (TPSA) is 149 Å². The van der Waals surface area contributed by atoms with Gasteiger partial charge in [0.05, 0.1) is 25.4 Å². The number of aliphatic hydroxyl groups is 5. The molecule has 1 heterocycles. The van der Waals surface area contributed by atoms with Crippen molar-refractivity contribution in [3.63, 3.8) is 0 Å². The highest BCUT2D eigenvalue weighted by molar-refractivity contribution is 5.76. The van der Waals surface area contributed by atoms with E-state index < -0.39 is 49.5 Å². The van der Waals surface area contributed by atoms with Gasteiger partial charge in [-0.3, -0.25) is 4.79 Å². The number of amides is 1. The lowest BCUT2D eigenvalue weighted by Gasteiger charge is -2.40. The maximum Gasteiger partial charge on any atom is 0.220 e. The summed E-state index contributed by atoms with van der Waals surface area (Å²) in [6.45, 7) is 3.64. The number of aliphatic hydroxyl groups excluding tert-OH is 5. The molecule has 0 aliphatic carbocycles. The molecule has 7 unspecified atom stereocenters. The Morgan fingerprint density at radius 1 is 0.427 bits per heavy atom. The quantitative estimate of drug-likeness (QED) is 0.0261. The Kier molecular flexibility index (Phi) is 56.3. The molecule has 82 heavy (non-hydrogen) atoms. The lowest BCUT2D eigenvalue weighted by molar-refractivity contribution is -0.302. The molecule has 1 rings (SSSR count). The van der Waals surface area contributed by atoms with Gasteiger partial charge in [0, 0.05) is 6.42 Å². The number of unbranched alkanes of at least 4 members (excludes halogenated alkanes) is 26. The molecule has 1 amide bonds. The zero-order chi connectivity index (χ0) is 59.3. The minimum absolute atomic E-state index is 0.222. The van der Waals surface area contributed by atoms with Crippen LogP contribution in [0.3, 0.4) is 0 Å². The lowest BCUT2D eigenvalue weighted by Crippen LogP contribution is -2.60. The molecule has 9 heteroatoms. The van der Waals surface area contributed by atoms with Gasteiger partial charge in [0.15, 0.2) is 6.29 Å².